The van der Waals surface area contributed by atoms with Crippen molar-refractivity contribution in [3.8, 4) is 5.75 Å². The van der Waals surface area contributed by atoms with Gasteiger partial charge in [-0.1, -0.05) is 0 Å². The molecular formula is C17H21FN2O4S. The first kappa shape index (κ1) is 17.9. The van der Waals surface area contributed by atoms with E-state index in [4.69, 9.17) is 0 Å². The summed E-state index contributed by atoms with van der Waals surface area (Å²) in [5, 5.41) is 2.88. The van der Waals surface area contributed by atoms with Crippen molar-refractivity contribution in [1.82, 2.24) is 9.62 Å². The van der Waals surface area contributed by atoms with Gasteiger partial charge in [0.1, 0.15) is 5.75 Å². The number of nitrogens with zero attached hydrogens (tertiary/aromatic N) is 1. The van der Waals surface area contributed by atoms with Crippen LogP contribution in [-0.2, 0) is 14.8 Å². The average molecular weight is 368 g/mol. The smallest absolute Gasteiger partial charge is 0.244 e. The molecular weight excluding hydrogens is 347 g/mol. The van der Waals surface area contributed by atoms with Gasteiger partial charge in [0.05, 0.1) is 4.90 Å². The van der Waals surface area contributed by atoms with Gasteiger partial charge in [0.25, 0.3) is 0 Å². The van der Waals surface area contributed by atoms with E-state index in [9.17, 15) is 17.6 Å². The lowest BCUT2D eigenvalue weighted by Crippen LogP contribution is -2.37. The monoisotopic (exact) mass is 368 g/mol. The zero-order valence-corrected chi connectivity index (χ0v) is 14.6. The number of hydrogen-bond donors (Lipinski definition) is 1. The van der Waals surface area contributed by atoms with Gasteiger partial charge in [0, 0.05) is 25.2 Å². The Morgan fingerprint density at radius 3 is 2.68 bits per heavy atom. The lowest BCUT2D eigenvalue weighted by atomic mass is 10.1. The van der Waals surface area contributed by atoms with Crippen LogP contribution in [0.25, 0.3) is 0 Å². The first-order valence-corrected chi connectivity index (χ1v) is 9.72. The molecule has 3 rings (SSSR count). The number of benzene rings is 1. The third kappa shape index (κ3) is 4.58. The van der Waals surface area contributed by atoms with Gasteiger partial charge < -0.3 is 10.1 Å². The van der Waals surface area contributed by atoms with Crippen molar-refractivity contribution in [3.63, 3.8) is 0 Å². The average Bonchev–Trinajstić information content (AvgIpc) is 3.40. The zero-order chi connectivity index (χ0) is 17.9. The fourth-order valence-corrected chi connectivity index (χ4v) is 4.25. The molecule has 2 aliphatic rings. The van der Waals surface area contributed by atoms with Crippen LogP contribution < -0.4 is 10.1 Å². The molecule has 0 atom stereocenters. The number of nitrogens with one attached hydrogen (secondary N) is 1. The SMILES string of the molecule is O=C(/C=C1\CCCN(S(=O)(=O)c2ccc(OCF)cc2)C1)NC1CC1. The lowest BCUT2D eigenvalue weighted by Gasteiger charge is -2.28. The maximum atomic E-state index is 12.8. The Labute approximate surface area is 146 Å². The summed E-state index contributed by atoms with van der Waals surface area (Å²) < 4.78 is 43.7. The van der Waals surface area contributed by atoms with E-state index in [0.717, 1.165) is 18.4 Å². The number of piperidine rings is 1. The van der Waals surface area contributed by atoms with Crippen LogP contribution in [0, 0.1) is 0 Å². The summed E-state index contributed by atoms with van der Waals surface area (Å²) in [6, 6.07) is 5.93. The Kier molecular flexibility index (Phi) is 5.39. The van der Waals surface area contributed by atoms with E-state index in [-0.39, 0.29) is 29.1 Å². The van der Waals surface area contributed by atoms with Gasteiger partial charge in [-0.3, -0.25) is 4.79 Å². The standard InChI is InChI=1S/C17H21FN2O4S/c18-12-24-15-5-7-16(8-6-15)25(22,23)20-9-1-2-13(11-20)10-17(21)19-14-3-4-14/h5-8,10,14H,1-4,9,11-12H2,(H,19,21)/b13-10+. The molecule has 1 saturated carbocycles. The minimum absolute atomic E-state index is 0.127. The maximum absolute atomic E-state index is 12.8. The van der Waals surface area contributed by atoms with E-state index >= 15 is 0 Å². The summed E-state index contributed by atoms with van der Waals surface area (Å²) in [5.41, 5.74) is 0.811. The molecule has 1 aromatic carbocycles. The number of alkyl halides is 1. The molecule has 1 amide bonds. The summed E-state index contributed by atoms with van der Waals surface area (Å²) >= 11 is 0. The second kappa shape index (κ2) is 7.53. The van der Waals surface area contributed by atoms with Crippen molar-refractivity contribution in [2.45, 2.75) is 36.6 Å². The maximum Gasteiger partial charge on any atom is 0.244 e. The molecule has 1 aliphatic heterocycles. The molecule has 8 heteroatoms. The molecule has 0 unspecified atom stereocenters. The molecule has 2 fully saturated rings. The molecule has 1 aromatic rings. The first-order valence-electron chi connectivity index (χ1n) is 8.28. The van der Waals surface area contributed by atoms with E-state index in [0.29, 0.717) is 19.4 Å². The largest absolute Gasteiger partial charge is 0.463 e. The molecule has 1 heterocycles. The van der Waals surface area contributed by atoms with Gasteiger partial charge in [0.2, 0.25) is 22.8 Å². The summed E-state index contributed by atoms with van der Waals surface area (Å²) in [4.78, 5) is 12.0. The van der Waals surface area contributed by atoms with E-state index in [1.54, 1.807) is 0 Å². The third-order valence-corrected chi connectivity index (χ3v) is 6.09. The fourth-order valence-electron chi connectivity index (χ4n) is 2.77. The van der Waals surface area contributed by atoms with Crippen LogP contribution in [0.1, 0.15) is 25.7 Å². The molecule has 25 heavy (non-hydrogen) atoms. The molecule has 136 valence electrons. The minimum Gasteiger partial charge on any atom is -0.463 e. The highest BCUT2D eigenvalue weighted by Crippen LogP contribution is 2.25. The summed E-state index contributed by atoms with van der Waals surface area (Å²) in [6.45, 7) is -0.342. The highest BCUT2D eigenvalue weighted by atomic mass is 32.2. The van der Waals surface area contributed by atoms with E-state index in [1.807, 2.05) is 0 Å². The number of ether oxygens (including phenoxy) is 1. The molecule has 0 radical (unpaired) electrons. The predicted molar refractivity (Wildman–Crippen MR) is 90.3 cm³/mol. The van der Waals surface area contributed by atoms with Crippen LogP contribution >= 0.6 is 0 Å². The van der Waals surface area contributed by atoms with Crippen LogP contribution in [0.2, 0.25) is 0 Å². The Balaban J connectivity index is 1.70. The second-order valence-corrected chi connectivity index (χ2v) is 8.19. The van der Waals surface area contributed by atoms with Gasteiger partial charge in [-0.25, -0.2) is 12.8 Å². The van der Waals surface area contributed by atoms with Crippen LogP contribution in [0.15, 0.2) is 40.8 Å². The highest BCUT2D eigenvalue weighted by molar-refractivity contribution is 7.89. The van der Waals surface area contributed by atoms with Crippen molar-refractivity contribution < 1.29 is 22.3 Å². The fraction of sp³-hybridized carbons (Fsp3) is 0.471. The van der Waals surface area contributed by atoms with Crippen molar-refractivity contribution >= 4 is 15.9 Å². The summed E-state index contributed by atoms with van der Waals surface area (Å²) in [6.07, 6.45) is 4.94. The van der Waals surface area contributed by atoms with E-state index in [2.05, 4.69) is 10.1 Å². The molecule has 1 N–H and O–H groups in total. The quantitative estimate of drug-likeness (QED) is 0.779. The first-order chi connectivity index (χ1) is 12.0. The lowest BCUT2D eigenvalue weighted by molar-refractivity contribution is -0.116. The van der Waals surface area contributed by atoms with Crippen molar-refractivity contribution in [2.75, 3.05) is 20.0 Å². The topological polar surface area (TPSA) is 75.7 Å². The summed E-state index contributed by atoms with van der Waals surface area (Å²) in [5.74, 6) is 0.127. The number of rotatable bonds is 6. The number of sulfonamides is 1. The van der Waals surface area contributed by atoms with Gasteiger partial charge in [-0.2, -0.15) is 4.31 Å². The molecule has 1 aliphatic carbocycles. The number of carbonyl (C=O) groups excluding carboxylic acids is 1. The molecule has 0 spiro atoms. The molecule has 6 nitrogen and oxygen atoms in total. The van der Waals surface area contributed by atoms with Crippen LogP contribution in [0.3, 0.4) is 0 Å². The zero-order valence-electron chi connectivity index (χ0n) is 13.8. The Morgan fingerprint density at radius 1 is 1.32 bits per heavy atom. The minimum atomic E-state index is -3.66. The number of amides is 1. The Morgan fingerprint density at radius 2 is 2.04 bits per heavy atom. The number of hydrogen-bond acceptors (Lipinski definition) is 4. The Hall–Kier alpha value is -1.93. The van der Waals surface area contributed by atoms with E-state index < -0.39 is 16.9 Å². The second-order valence-electron chi connectivity index (χ2n) is 6.25. The molecule has 0 aromatic heterocycles. The van der Waals surface area contributed by atoms with Gasteiger partial charge >= 0.3 is 0 Å². The van der Waals surface area contributed by atoms with Crippen LogP contribution in [-0.4, -0.2) is 44.6 Å². The predicted octanol–water partition coefficient (Wildman–Crippen LogP) is 1.98. The van der Waals surface area contributed by atoms with Gasteiger partial charge in [-0.05, 0) is 55.5 Å². The number of halogens is 1. The summed E-state index contributed by atoms with van der Waals surface area (Å²) in [7, 11) is -3.66. The van der Waals surface area contributed by atoms with Crippen molar-refractivity contribution in [1.29, 1.82) is 0 Å². The third-order valence-electron chi connectivity index (χ3n) is 4.23. The van der Waals surface area contributed by atoms with Gasteiger partial charge in [-0.15, -0.1) is 0 Å². The Bertz CT molecular complexity index is 757. The molecule has 0 bridgehead atoms. The normalized spacial score (nSPS) is 20.4. The van der Waals surface area contributed by atoms with E-state index in [1.165, 1.54) is 34.6 Å². The number of carbonyl (C=O) groups is 1. The van der Waals surface area contributed by atoms with Crippen molar-refractivity contribution in [3.05, 3.63) is 35.9 Å². The molecule has 1 saturated heterocycles. The van der Waals surface area contributed by atoms with Crippen LogP contribution in [0.4, 0.5) is 4.39 Å². The van der Waals surface area contributed by atoms with Crippen LogP contribution in [0.5, 0.6) is 5.75 Å². The highest BCUT2D eigenvalue weighted by Gasteiger charge is 2.28. The van der Waals surface area contributed by atoms with Crippen molar-refractivity contribution in [2.24, 2.45) is 0 Å². The van der Waals surface area contributed by atoms with Gasteiger partial charge in [0.15, 0.2) is 0 Å².